The maximum absolute atomic E-state index is 11.6. The van der Waals surface area contributed by atoms with Gasteiger partial charge in [0.1, 0.15) is 0 Å². The van der Waals surface area contributed by atoms with Crippen LogP contribution in [0, 0.1) is 0 Å². The molecule has 0 saturated heterocycles. The quantitative estimate of drug-likeness (QED) is 0.0626. The zero-order valence-electron chi connectivity index (χ0n) is 30.8. The zero-order valence-corrected chi connectivity index (χ0v) is 31.8. The van der Waals surface area contributed by atoms with Crippen molar-refractivity contribution < 1.29 is 27.5 Å². The van der Waals surface area contributed by atoms with Crippen molar-refractivity contribution in [2.24, 2.45) is 0 Å². The van der Waals surface area contributed by atoms with Gasteiger partial charge < -0.3 is 5.53 Å². The second-order valence-corrected chi connectivity index (χ2v) is 14.0. The number of allylic oxidation sites excluding steroid dienone is 2. The van der Waals surface area contributed by atoms with Gasteiger partial charge in [0.25, 0.3) is 0 Å². The van der Waals surface area contributed by atoms with Crippen LogP contribution in [0.5, 0.6) is 0 Å². The van der Waals surface area contributed by atoms with Crippen molar-refractivity contribution in [2.75, 3.05) is 14.2 Å². The predicted molar refractivity (Wildman–Crippen MR) is 198 cm³/mol. The first kappa shape index (κ1) is 41.1. The van der Waals surface area contributed by atoms with E-state index in [0.29, 0.717) is 0 Å². The predicted octanol–water partition coefficient (Wildman–Crippen LogP) is 12.8. The van der Waals surface area contributed by atoms with Gasteiger partial charge in [-0.1, -0.05) is 117 Å². The van der Waals surface area contributed by atoms with Crippen LogP contribution in [0.15, 0.2) is 48.6 Å². The average Bonchev–Trinajstić information content (AvgIpc) is 3.47. The van der Waals surface area contributed by atoms with Crippen LogP contribution in [0.2, 0.25) is 0 Å². The molecule has 5 heteroatoms. The van der Waals surface area contributed by atoms with E-state index in [4.69, 9.17) is 0 Å². The summed E-state index contributed by atoms with van der Waals surface area (Å²) in [6, 6.07) is 14.1. The zero-order chi connectivity index (χ0) is 34.1. The molecule has 0 unspecified atom stereocenters. The maximum atomic E-state index is 11.6. The van der Waals surface area contributed by atoms with Crippen LogP contribution in [-0.2, 0) is 48.5 Å². The molecule has 1 aliphatic rings. The molecular formula is C42H66N2NiO2. The monoisotopic (exact) mass is 688 g/mol. The summed E-state index contributed by atoms with van der Waals surface area (Å²) in [4.78, 5) is 0. The molecule has 1 aliphatic heterocycles. The Hall–Kier alpha value is -2.07. The van der Waals surface area contributed by atoms with Crippen molar-refractivity contribution >= 4 is 11.4 Å². The first-order valence-corrected chi connectivity index (χ1v) is 19.6. The summed E-state index contributed by atoms with van der Waals surface area (Å²) in [7, 11) is 3.12. The fourth-order valence-electron chi connectivity index (χ4n) is 6.30. The molecule has 0 saturated carbocycles. The number of nitrogens with zero attached hydrogens (tertiary/aromatic N) is 2. The Morgan fingerprint density at radius 3 is 1.11 bits per heavy atom. The van der Waals surface area contributed by atoms with Gasteiger partial charge in [0.2, 0.25) is 11.4 Å². The van der Waals surface area contributed by atoms with Crippen molar-refractivity contribution in [3.05, 3.63) is 87.5 Å². The van der Waals surface area contributed by atoms with E-state index in [1.54, 1.807) is 14.2 Å². The molecule has 0 bridgehead atoms. The van der Waals surface area contributed by atoms with Crippen molar-refractivity contribution in [1.82, 2.24) is 0 Å². The van der Waals surface area contributed by atoms with Crippen molar-refractivity contribution in [1.29, 1.82) is 0 Å². The van der Waals surface area contributed by atoms with Crippen molar-refractivity contribution in [3.8, 4) is 0 Å². The van der Waals surface area contributed by atoms with E-state index in [-0.39, 0.29) is 0 Å². The van der Waals surface area contributed by atoms with Crippen molar-refractivity contribution in [3.63, 3.8) is 0 Å². The van der Waals surface area contributed by atoms with Gasteiger partial charge in [0.05, 0.1) is 0 Å². The number of benzene rings is 2. The molecule has 0 aliphatic carbocycles. The Kier molecular flexibility index (Phi) is 22.6. The van der Waals surface area contributed by atoms with Gasteiger partial charge in [0, 0.05) is 23.3 Å². The average molecular weight is 690 g/mol. The number of hydrogen-bond acceptors (Lipinski definition) is 2. The molecule has 0 aromatic heterocycles. The second-order valence-electron chi connectivity index (χ2n) is 13.0. The van der Waals surface area contributed by atoms with Crippen LogP contribution in [0.25, 0.3) is 16.9 Å². The number of unbranched alkanes of at least 4 members (excludes halogenated alkanes) is 12. The molecule has 4 nitrogen and oxygen atoms in total. The second kappa shape index (κ2) is 25.9. The molecule has 0 atom stereocenters. The molecular weight excluding hydrogens is 623 g/mol. The number of hydrogen-bond donors (Lipinski definition) is 0. The summed E-state index contributed by atoms with van der Waals surface area (Å²) in [5.41, 5.74) is 21.3. The molecule has 2 aromatic carbocycles. The molecule has 2 aromatic rings. The third-order valence-corrected chi connectivity index (χ3v) is 9.26. The van der Waals surface area contributed by atoms with E-state index >= 15 is 0 Å². The van der Waals surface area contributed by atoms with E-state index in [2.05, 4.69) is 84.0 Å². The number of aryl methyl sites for hydroxylation is 4. The molecule has 0 spiro atoms. The van der Waals surface area contributed by atoms with Gasteiger partial charge in [-0.25, -0.2) is 4.70 Å². The molecule has 0 amide bonds. The van der Waals surface area contributed by atoms with Gasteiger partial charge >= 0.3 is 37.1 Å². The Morgan fingerprint density at radius 1 is 0.468 bits per heavy atom. The summed E-state index contributed by atoms with van der Waals surface area (Å²) < 4.78 is 10.3. The van der Waals surface area contributed by atoms with Crippen LogP contribution in [0.4, 0.5) is 0 Å². The van der Waals surface area contributed by atoms with E-state index in [1.165, 1.54) is 130 Å². The summed E-state index contributed by atoms with van der Waals surface area (Å²) in [5, 5.41) is 0. The molecule has 0 fully saturated rings. The molecule has 0 radical (unpaired) electrons. The van der Waals surface area contributed by atoms with Crippen molar-refractivity contribution in [2.45, 2.75) is 156 Å². The normalized spacial score (nSPS) is 12.7. The van der Waals surface area contributed by atoms with Crippen LogP contribution in [-0.4, -0.2) is 18.9 Å². The van der Waals surface area contributed by atoms with Gasteiger partial charge in [0.15, 0.2) is 0 Å². The van der Waals surface area contributed by atoms with Gasteiger partial charge in [-0.05, 0) is 97.9 Å². The summed E-state index contributed by atoms with van der Waals surface area (Å²) >= 11 is 0.819. The fraction of sp³-hybridized carbons (Fsp3) is 0.619. The SMILES string of the molecule is CCCCCCCCc1cc(CCCCCCCC)cc(C2=CC=C(c3cc(CCCC)cc(CCCC)c3)[N+]2=[N-])c1.C[O][Ni][O]C. The Labute approximate surface area is 295 Å². The van der Waals surface area contributed by atoms with E-state index in [1.807, 2.05) is 0 Å². The minimum atomic E-state index is 0.819. The first-order chi connectivity index (χ1) is 23.0. The van der Waals surface area contributed by atoms with Crippen LogP contribution in [0.1, 0.15) is 164 Å². The van der Waals surface area contributed by atoms with Crippen LogP contribution in [0.3, 0.4) is 0 Å². The first-order valence-electron chi connectivity index (χ1n) is 18.8. The topological polar surface area (TPSA) is 43.8 Å². The molecule has 1 heterocycles. The summed E-state index contributed by atoms with van der Waals surface area (Å²) in [6.07, 6.45) is 29.4. The molecule has 0 N–H and O–H groups in total. The summed E-state index contributed by atoms with van der Waals surface area (Å²) in [6.45, 7) is 9.09. The van der Waals surface area contributed by atoms with Gasteiger partial charge in [-0.2, -0.15) is 0 Å². The van der Waals surface area contributed by atoms with Crippen LogP contribution < -0.4 is 0 Å². The van der Waals surface area contributed by atoms with Gasteiger partial charge in [-0.3, -0.25) is 0 Å². The van der Waals surface area contributed by atoms with Gasteiger partial charge in [-0.15, -0.1) is 0 Å². The third kappa shape index (κ3) is 16.3. The molecule has 266 valence electrons. The van der Waals surface area contributed by atoms with E-state index in [9.17, 15) is 5.53 Å². The number of rotatable bonds is 24. The van der Waals surface area contributed by atoms with E-state index < -0.39 is 0 Å². The Bertz CT molecular complexity index is 1160. The third-order valence-electron chi connectivity index (χ3n) is 8.93. The Morgan fingerprint density at radius 2 is 0.787 bits per heavy atom. The fourth-order valence-corrected chi connectivity index (χ4v) is 6.46. The summed E-state index contributed by atoms with van der Waals surface area (Å²) in [5.74, 6) is 0. The standard InChI is InChI=1S/C40H60N2.2CH3O.Ni/c1-5-9-13-15-17-19-23-35-28-36(24-20-18-16-14-10-6-2)32-38(31-35)40-26-25-39(42(40)41)37-29-33(21-11-7-3)27-34(30-37)22-12-8-4;2*1-2;/h25-32H,5-24H2,1-4H3;2*1H3;/q;2*-1;+2. The van der Waals surface area contributed by atoms with Crippen LogP contribution >= 0.6 is 0 Å². The molecule has 47 heavy (non-hydrogen) atoms. The minimum absolute atomic E-state index is 0.819. The molecule has 3 rings (SSSR count). The Balaban J connectivity index is 0.00000142. The van der Waals surface area contributed by atoms with E-state index in [0.717, 1.165) is 63.3 Å².